The SMILES string of the molecule is Fc1ccc2[nH]c3c(c2c1)CNCC3.O=C(O)COc1ccc(Cl)cc1Cl. The number of ether oxygens (including phenoxy) is 1. The minimum Gasteiger partial charge on any atom is -0.480 e. The van der Waals surface area contributed by atoms with Gasteiger partial charge in [0.25, 0.3) is 0 Å². The number of aromatic amines is 1. The van der Waals surface area contributed by atoms with Crippen LogP contribution in [0, 0.1) is 5.82 Å². The highest BCUT2D eigenvalue weighted by Crippen LogP contribution is 2.27. The summed E-state index contributed by atoms with van der Waals surface area (Å²) in [5.41, 5.74) is 3.52. The maximum Gasteiger partial charge on any atom is 0.341 e. The van der Waals surface area contributed by atoms with E-state index in [-0.39, 0.29) is 5.82 Å². The first-order chi connectivity index (χ1) is 12.9. The van der Waals surface area contributed by atoms with Crippen LogP contribution in [0.3, 0.4) is 0 Å². The fourth-order valence-corrected chi connectivity index (χ4v) is 3.31. The number of H-pyrrole nitrogens is 1. The van der Waals surface area contributed by atoms with Gasteiger partial charge in [-0.1, -0.05) is 23.2 Å². The van der Waals surface area contributed by atoms with Crippen molar-refractivity contribution in [2.24, 2.45) is 0 Å². The Hall–Kier alpha value is -2.28. The fraction of sp³-hybridized carbons (Fsp3) is 0.211. The number of carboxylic acids is 1. The van der Waals surface area contributed by atoms with Gasteiger partial charge in [0, 0.05) is 41.1 Å². The van der Waals surface area contributed by atoms with Crippen LogP contribution in [-0.2, 0) is 17.8 Å². The minimum absolute atomic E-state index is 0.162. The van der Waals surface area contributed by atoms with Crippen molar-refractivity contribution >= 4 is 40.1 Å². The Morgan fingerprint density at radius 3 is 2.78 bits per heavy atom. The van der Waals surface area contributed by atoms with Crippen LogP contribution in [0.2, 0.25) is 10.0 Å². The number of hydrogen-bond donors (Lipinski definition) is 3. The van der Waals surface area contributed by atoms with Crippen molar-refractivity contribution in [1.82, 2.24) is 10.3 Å². The van der Waals surface area contributed by atoms with Crippen molar-refractivity contribution in [3.8, 4) is 5.75 Å². The van der Waals surface area contributed by atoms with Gasteiger partial charge in [-0.15, -0.1) is 0 Å². The molecule has 5 nitrogen and oxygen atoms in total. The number of nitrogens with one attached hydrogen (secondary N) is 2. The van der Waals surface area contributed by atoms with Crippen molar-refractivity contribution in [1.29, 1.82) is 0 Å². The van der Waals surface area contributed by atoms with Crippen molar-refractivity contribution in [2.75, 3.05) is 13.2 Å². The number of rotatable bonds is 3. The van der Waals surface area contributed by atoms with E-state index in [0.29, 0.717) is 15.8 Å². The van der Waals surface area contributed by atoms with E-state index in [1.165, 1.54) is 29.5 Å². The third kappa shape index (κ3) is 4.91. The number of hydrogen-bond acceptors (Lipinski definition) is 3. The van der Waals surface area contributed by atoms with E-state index in [2.05, 4.69) is 10.3 Å². The van der Waals surface area contributed by atoms with Crippen LogP contribution in [0.4, 0.5) is 4.39 Å². The maximum atomic E-state index is 13.0. The molecule has 1 aliphatic rings. The van der Waals surface area contributed by atoms with Crippen LogP contribution in [0.5, 0.6) is 5.75 Å². The molecule has 0 bridgehead atoms. The highest BCUT2D eigenvalue weighted by molar-refractivity contribution is 6.35. The van der Waals surface area contributed by atoms with Gasteiger partial charge in [-0.25, -0.2) is 9.18 Å². The molecule has 2 heterocycles. The first-order valence-corrected chi connectivity index (χ1v) is 8.99. The van der Waals surface area contributed by atoms with Crippen LogP contribution in [-0.4, -0.2) is 29.2 Å². The standard InChI is InChI=1S/C11H11FN2.C8H6Cl2O3/c12-7-1-2-10-8(5-7)9-6-13-4-3-11(9)14-10;9-5-1-2-7(6(10)3-5)13-4-8(11)12/h1-2,5,13-14H,3-4,6H2;1-3H,4H2,(H,11,12). The molecule has 0 fully saturated rings. The highest BCUT2D eigenvalue weighted by Gasteiger charge is 2.14. The van der Waals surface area contributed by atoms with Crippen molar-refractivity contribution in [2.45, 2.75) is 13.0 Å². The molecule has 27 heavy (non-hydrogen) atoms. The number of benzene rings is 2. The van der Waals surface area contributed by atoms with E-state index in [1.807, 2.05) is 6.07 Å². The second kappa shape index (κ2) is 8.61. The zero-order valence-corrected chi connectivity index (χ0v) is 15.7. The molecule has 2 aromatic carbocycles. The predicted octanol–water partition coefficient (Wildman–Crippen LogP) is 4.41. The number of aliphatic carboxylic acids is 1. The van der Waals surface area contributed by atoms with Gasteiger partial charge in [-0.05, 0) is 42.0 Å². The molecule has 0 saturated heterocycles. The Bertz CT molecular complexity index is 975. The van der Waals surface area contributed by atoms with E-state index < -0.39 is 12.6 Å². The lowest BCUT2D eigenvalue weighted by Gasteiger charge is -2.12. The molecule has 0 radical (unpaired) electrons. The van der Waals surface area contributed by atoms with Crippen molar-refractivity contribution < 1.29 is 19.0 Å². The molecular weight excluding hydrogens is 394 g/mol. The number of aromatic nitrogens is 1. The molecule has 0 spiro atoms. The van der Waals surface area contributed by atoms with Gasteiger partial charge in [0.05, 0.1) is 5.02 Å². The maximum absolute atomic E-state index is 13.0. The number of carbonyl (C=O) groups is 1. The van der Waals surface area contributed by atoms with Gasteiger partial charge in [0.2, 0.25) is 0 Å². The molecule has 0 aliphatic carbocycles. The third-order valence-corrected chi connectivity index (χ3v) is 4.59. The second-order valence-electron chi connectivity index (χ2n) is 5.96. The third-order valence-electron chi connectivity index (χ3n) is 4.06. The molecule has 1 aromatic heterocycles. The van der Waals surface area contributed by atoms with Gasteiger partial charge in [0.1, 0.15) is 11.6 Å². The van der Waals surface area contributed by atoms with Gasteiger partial charge in [-0.2, -0.15) is 0 Å². The van der Waals surface area contributed by atoms with Crippen LogP contribution >= 0.6 is 23.2 Å². The topological polar surface area (TPSA) is 74.4 Å². The lowest BCUT2D eigenvalue weighted by molar-refractivity contribution is -0.139. The van der Waals surface area contributed by atoms with Crippen LogP contribution in [0.25, 0.3) is 10.9 Å². The first kappa shape index (κ1) is 19.5. The molecule has 0 unspecified atom stereocenters. The lowest BCUT2D eigenvalue weighted by Crippen LogP contribution is -2.22. The smallest absolute Gasteiger partial charge is 0.341 e. The molecule has 4 rings (SSSR count). The quantitative estimate of drug-likeness (QED) is 0.597. The Kier molecular flexibility index (Phi) is 6.21. The summed E-state index contributed by atoms with van der Waals surface area (Å²) in [6.07, 6.45) is 1.01. The summed E-state index contributed by atoms with van der Waals surface area (Å²) in [5.74, 6) is -0.899. The van der Waals surface area contributed by atoms with Gasteiger partial charge < -0.3 is 20.1 Å². The summed E-state index contributed by atoms with van der Waals surface area (Å²) < 4.78 is 17.9. The normalized spacial score (nSPS) is 12.9. The van der Waals surface area contributed by atoms with E-state index in [9.17, 15) is 9.18 Å². The van der Waals surface area contributed by atoms with Crippen molar-refractivity contribution in [3.05, 3.63) is 63.5 Å². The summed E-state index contributed by atoms with van der Waals surface area (Å²) in [6.45, 7) is 1.43. The van der Waals surface area contributed by atoms with Gasteiger partial charge >= 0.3 is 5.97 Å². The summed E-state index contributed by atoms with van der Waals surface area (Å²) in [7, 11) is 0. The molecule has 0 amide bonds. The van der Waals surface area contributed by atoms with Crippen LogP contribution < -0.4 is 10.1 Å². The average molecular weight is 411 g/mol. The van der Waals surface area contributed by atoms with E-state index in [1.54, 1.807) is 12.1 Å². The van der Waals surface area contributed by atoms with Crippen LogP contribution in [0.15, 0.2) is 36.4 Å². The molecule has 1 aliphatic heterocycles. The number of halogens is 3. The lowest BCUT2D eigenvalue weighted by atomic mass is 10.1. The molecule has 8 heteroatoms. The van der Waals surface area contributed by atoms with E-state index >= 15 is 0 Å². The largest absolute Gasteiger partial charge is 0.480 e. The number of fused-ring (bicyclic) bond motifs is 3. The Morgan fingerprint density at radius 2 is 2.04 bits per heavy atom. The van der Waals surface area contributed by atoms with E-state index in [0.717, 1.165) is 30.4 Å². The molecular formula is C19H17Cl2FN2O3. The zero-order chi connectivity index (χ0) is 19.4. The zero-order valence-electron chi connectivity index (χ0n) is 14.2. The van der Waals surface area contributed by atoms with Crippen molar-refractivity contribution in [3.63, 3.8) is 0 Å². The predicted molar refractivity (Wildman–Crippen MR) is 103 cm³/mol. The van der Waals surface area contributed by atoms with Gasteiger partial charge in [-0.3, -0.25) is 0 Å². The Morgan fingerprint density at radius 1 is 1.22 bits per heavy atom. The summed E-state index contributed by atoms with van der Waals surface area (Å²) in [5, 5.41) is 13.4. The summed E-state index contributed by atoms with van der Waals surface area (Å²) in [4.78, 5) is 13.5. The molecule has 142 valence electrons. The van der Waals surface area contributed by atoms with Crippen LogP contribution in [0.1, 0.15) is 11.3 Å². The van der Waals surface area contributed by atoms with Gasteiger partial charge in [0.15, 0.2) is 6.61 Å². The fourth-order valence-electron chi connectivity index (χ4n) is 2.85. The first-order valence-electron chi connectivity index (χ1n) is 8.23. The van der Waals surface area contributed by atoms with E-state index in [4.69, 9.17) is 33.0 Å². The monoisotopic (exact) mass is 410 g/mol. The molecule has 3 aromatic rings. The molecule has 0 saturated carbocycles. The Labute approximate surface area is 165 Å². The minimum atomic E-state index is -1.05. The summed E-state index contributed by atoms with van der Waals surface area (Å²) in [6, 6.07) is 9.50. The second-order valence-corrected chi connectivity index (χ2v) is 6.80. The number of carboxylic acid groups (broad SMARTS) is 1. The highest BCUT2D eigenvalue weighted by atomic mass is 35.5. The molecule has 0 atom stereocenters. The average Bonchev–Trinajstić information content (AvgIpc) is 2.99. The summed E-state index contributed by atoms with van der Waals surface area (Å²) >= 11 is 11.3. The molecule has 3 N–H and O–H groups in total. The Balaban J connectivity index is 0.000000157.